The van der Waals surface area contributed by atoms with Crippen LogP contribution in [0.5, 0.6) is 0 Å². The summed E-state index contributed by atoms with van der Waals surface area (Å²) in [5.74, 6) is -0.296. The molecule has 7 nitrogen and oxygen atoms in total. The zero-order valence-corrected chi connectivity index (χ0v) is 23.7. The lowest BCUT2D eigenvalue weighted by Gasteiger charge is -2.64. The monoisotopic (exact) mass is 524 g/mol. The lowest BCUT2D eigenvalue weighted by Crippen LogP contribution is -2.63. The number of aliphatic hydroxyl groups is 4. The number of esters is 1. The Kier molecular flexibility index (Phi) is 8.73. The van der Waals surface area contributed by atoms with E-state index in [1.807, 2.05) is 0 Å². The van der Waals surface area contributed by atoms with Crippen molar-refractivity contribution in [2.45, 2.75) is 129 Å². The maximum absolute atomic E-state index is 11.8. The van der Waals surface area contributed by atoms with Crippen LogP contribution < -0.4 is 0 Å². The van der Waals surface area contributed by atoms with Gasteiger partial charge in [-0.25, -0.2) is 0 Å². The van der Waals surface area contributed by atoms with Crippen molar-refractivity contribution in [3.8, 4) is 0 Å². The molecule has 0 radical (unpaired) electrons. The highest BCUT2D eigenvalue weighted by molar-refractivity contribution is 5.69. The van der Waals surface area contributed by atoms with Crippen LogP contribution in [0.25, 0.3) is 0 Å². The molecule has 0 spiro atoms. The minimum Gasteiger partial charge on any atom is -0.469 e. The number of carbonyl (C=O) groups is 1. The highest BCUT2D eigenvalue weighted by Gasteiger charge is 2.66. The number of carbonyl (C=O) groups excluding carboxylic acids is 1. The fraction of sp³-hybridized carbons (Fsp3) is 0.967. The zero-order chi connectivity index (χ0) is 27.2. The molecule has 4 aliphatic rings. The number of fused-ring (bicyclic) bond motifs is 5. The molecule has 1 unspecified atom stereocenters. The van der Waals surface area contributed by atoms with E-state index in [2.05, 4.69) is 27.7 Å². The maximum atomic E-state index is 11.8. The first kappa shape index (κ1) is 29.3. The van der Waals surface area contributed by atoms with E-state index in [9.17, 15) is 25.2 Å². The number of unbranched alkanes of at least 4 members (excludes halogenated alkanes) is 1. The smallest absolute Gasteiger partial charge is 0.305 e. The number of methoxy groups -OCH3 is 1. The molecule has 4 aliphatic carbocycles. The van der Waals surface area contributed by atoms with Gasteiger partial charge in [-0.2, -0.15) is 0 Å². The predicted molar refractivity (Wildman–Crippen MR) is 140 cm³/mol. The van der Waals surface area contributed by atoms with Gasteiger partial charge in [-0.15, -0.1) is 0 Å². The molecule has 4 fully saturated rings. The van der Waals surface area contributed by atoms with Crippen molar-refractivity contribution in [2.75, 3.05) is 7.11 Å². The van der Waals surface area contributed by atoms with E-state index >= 15 is 0 Å². The van der Waals surface area contributed by atoms with Crippen LogP contribution in [0.1, 0.15) is 105 Å². The third-order valence-corrected chi connectivity index (χ3v) is 11.8. The van der Waals surface area contributed by atoms with Crippen LogP contribution in [0, 0.1) is 46.3 Å². The van der Waals surface area contributed by atoms with Crippen molar-refractivity contribution in [3.63, 3.8) is 0 Å². The van der Waals surface area contributed by atoms with Crippen molar-refractivity contribution in [2.24, 2.45) is 46.3 Å². The van der Waals surface area contributed by atoms with Gasteiger partial charge < -0.3 is 29.9 Å². The molecule has 4 saturated carbocycles. The van der Waals surface area contributed by atoms with Crippen LogP contribution >= 0.6 is 0 Å². The van der Waals surface area contributed by atoms with Crippen molar-refractivity contribution >= 4 is 5.97 Å². The summed E-state index contributed by atoms with van der Waals surface area (Å²) in [6, 6.07) is 0. The summed E-state index contributed by atoms with van der Waals surface area (Å²) < 4.78 is 10.6. The number of hydrogen-bond donors (Lipinski definition) is 4. The zero-order valence-electron chi connectivity index (χ0n) is 23.7. The van der Waals surface area contributed by atoms with Crippen LogP contribution in [0.15, 0.2) is 0 Å². The summed E-state index contributed by atoms with van der Waals surface area (Å²) in [5.41, 5.74) is -0.368. The molecule has 12 atom stereocenters. The summed E-state index contributed by atoms with van der Waals surface area (Å²) >= 11 is 0. The van der Waals surface area contributed by atoms with Crippen LogP contribution in [0.2, 0.25) is 0 Å². The Morgan fingerprint density at radius 1 is 1.08 bits per heavy atom. The standard InChI is InChI=1S/C30H52O7/c1-6-7-8-26(34)37-30(35)14-13-28(3)19(17-30)15-23(31)27-21-11-10-20(18(2)9-12-25(33)36-5)29(21,4)24(32)16-22(27)28/h18-24,26-27,31-32,34-35H,6-17H2,1-5H3/t18-,19-,20-,21+,22+,23-,24+,26?,27+,28+,29-,30+/m1/s1. The Morgan fingerprint density at radius 2 is 1.81 bits per heavy atom. The molecule has 37 heavy (non-hydrogen) atoms. The van der Waals surface area contributed by atoms with Gasteiger partial charge in [0.25, 0.3) is 0 Å². The lowest BCUT2D eigenvalue weighted by molar-refractivity contribution is -0.318. The largest absolute Gasteiger partial charge is 0.469 e. The molecule has 0 bridgehead atoms. The molecular formula is C30H52O7. The summed E-state index contributed by atoms with van der Waals surface area (Å²) in [5, 5.41) is 44.9. The van der Waals surface area contributed by atoms with E-state index in [1.165, 1.54) is 7.11 Å². The van der Waals surface area contributed by atoms with E-state index in [-0.39, 0.29) is 40.5 Å². The SMILES string of the molecule is CCCCC(O)O[C@@]1(O)CC[C@@]2(C)[C@H](C[C@@H](O)[C@@H]3[C@@H]2C[C@H](O)[C@]2(C)[C@@H]([C@H](C)CCC(=O)OC)CC[C@@H]32)C1. The van der Waals surface area contributed by atoms with Crippen LogP contribution in [0.3, 0.4) is 0 Å². The molecule has 7 heteroatoms. The van der Waals surface area contributed by atoms with E-state index in [4.69, 9.17) is 9.47 Å². The van der Waals surface area contributed by atoms with Crippen molar-refractivity contribution < 1.29 is 34.7 Å². The lowest BCUT2D eigenvalue weighted by atomic mass is 9.43. The van der Waals surface area contributed by atoms with Crippen LogP contribution in [0.4, 0.5) is 0 Å². The topological polar surface area (TPSA) is 116 Å². The minimum atomic E-state index is -1.36. The summed E-state index contributed by atoms with van der Waals surface area (Å²) in [4.78, 5) is 11.8. The van der Waals surface area contributed by atoms with Crippen molar-refractivity contribution in [1.29, 1.82) is 0 Å². The molecular weight excluding hydrogens is 472 g/mol. The quantitative estimate of drug-likeness (QED) is 0.261. The molecule has 0 aromatic rings. The third-order valence-electron chi connectivity index (χ3n) is 11.8. The Morgan fingerprint density at radius 3 is 2.49 bits per heavy atom. The summed E-state index contributed by atoms with van der Waals surface area (Å²) in [7, 11) is 1.43. The van der Waals surface area contributed by atoms with Gasteiger partial charge in [0.05, 0.1) is 19.3 Å². The minimum absolute atomic E-state index is 0.0774. The van der Waals surface area contributed by atoms with Crippen molar-refractivity contribution in [3.05, 3.63) is 0 Å². The van der Waals surface area contributed by atoms with Crippen LogP contribution in [-0.4, -0.2) is 57.8 Å². The van der Waals surface area contributed by atoms with E-state index in [0.717, 1.165) is 38.5 Å². The van der Waals surface area contributed by atoms with Crippen LogP contribution in [-0.2, 0) is 14.3 Å². The number of aliphatic hydroxyl groups excluding tert-OH is 3. The molecule has 0 aromatic heterocycles. The van der Waals surface area contributed by atoms with Gasteiger partial charge in [-0.1, -0.05) is 34.1 Å². The highest BCUT2D eigenvalue weighted by atomic mass is 16.7. The fourth-order valence-electron chi connectivity index (χ4n) is 9.56. The number of rotatable bonds is 9. The molecule has 0 heterocycles. The molecule has 4 N–H and O–H groups in total. The van der Waals surface area contributed by atoms with E-state index in [1.54, 1.807) is 0 Å². The van der Waals surface area contributed by atoms with Gasteiger partial charge in [0.15, 0.2) is 12.1 Å². The molecule has 0 aliphatic heterocycles. The first-order valence-corrected chi connectivity index (χ1v) is 14.9. The first-order chi connectivity index (χ1) is 17.4. The molecule has 0 amide bonds. The fourth-order valence-corrected chi connectivity index (χ4v) is 9.56. The van der Waals surface area contributed by atoms with Crippen molar-refractivity contribution in [1.82, 2.24) is 0 Å². The predicted octanol–water partition coefficient (Wildman–Crippen LogP) is 4.39. The summed E-state index contributed by atoms with van der Waals surface area (Å²) in [6.45, 7) is 8.80. The Hall–Kier alpha value is -0.730. The molecule has 214 valence electrons. The Labute approximate surface area is 223 Å². The van der Waals surface area contributed by atoms with Gasteiger partial charge in [-0.3, -0.25) is 4.79 Å². The Balaban J connectivity index is 1.50. The second-order valence-electron chi connectivity index (χ2n) is 13.6. The molecule has 0 aromatic carbocycles. The average molecular weight is 525 g/mol. The van der Waals surface area contributed by atoms with E-state index < -0.39 is 24.3 Å². The normalized spacial score (nSPS) is 46.9. The van der Waals surface area contributed by atoms with Gasteiger partial charge >= 0.3 is 5.97 Å². The van der Waals surface area contributed by atoms with Gasteiger partial charge in [0, 0.05) is 19.3 Å². The Bertz CT molecular complexity index is 805. The second-order valence-corrected chi connectivity index (χ2v) is 13.6. The van der Waals surface area contributed by atoms with Gasteiger partial charge in [-0.05, 0) is 97.7 Å². The number of ether oxygens (including phenoxy) is 2. The maximum Gasteiger partial charge on any atom is 0.305 e. The molecule has 0 saturated heterocycles. The third kappa shape index (κ3) is 5.25. The second kappa shape index (κ2) is 11.0. The summed E-state index contributed by atoms with van der Waals surface area (Å²) in [6.07, 6.45) is 6.52. The average Bonchev–Trinajstić information content (AvgIpc) is 3.21. The van der Waals surface area contributed by atoms with Gasteiger partial charge in [0.1, 0.15) is 0 Å². The van der Waals surface area contributed by atoms with Gasteiger partial charge in [0.2, 0.25) is 0 Å². The molecule has 4 rings (SSSR count). The van der Waals surface area contributed by atoms with E-state index in [0.29, 0.717) is 50.4 Å². The number of hydrogen-bond acceptors (Lipinski definition) is 7. The highest BCUT2D eigenvalue weighted by Crippen LogP contribution is 2.69. The first-order valence-electron chi connectivity index (χ1n) is 14.9.